The van der Waals surface area contributed by atoms with Crippen LogP contribution in [-0.2, 0) is 6.54 Å². The number of rotatable bonds is 4. The Hall–Kier alpha value is -0.740. The summed E-state index contributed by atoms with van der Waals surface area (Å²) in [5.41, 5.74) is 6.78. The first kappa shape index (κ1) is 11.7. The third kappa shape index (κ3) is 2.89. The molecule has 4 heteroatoms. The number of likely N-dealkylation sites (tertiary alicyclic amines) is 1. The van der Waals surface area contributed by atoms with E-state index in [0.29, 0.717) is 5.82 Å². The zero-order valence-corrected chi connectivity index (χ0v) is 10.5. The zero-order chi connectivity index (χ0) is 11.4. The van der Waals surface area contributed by atoms with Crippen molar-refractivity contribution in [2.75, 3.05) is 24.3 Å². The molecule has 0 radical (unpaired) electrons. The molecule has 3 nitrogen and oxygen atoms in total. The molecule has 2 heterocycles. The molecule has 2 rings (SSSR count). The quantitative estimate of drug-likeness (QED) is 0.869. The fourth-order valence-electron chi connectivity index (χ4n) is 2.28. The summed E-state index contributed by atoms with van der Waals surface area (Å²) >= 11 is 1.93. The SMILES string of the molecule is CSC[C@@H]1CCCN1Cc1cccc(N)n1. The number of nitrogens with two attached hydrogens (primary N) is 1. The topological polar surface area (TPSA) is 42.1 Å². The maximum Gasteiger partial charge on any atom is 0.123 e. The molecular formula is C12H19N3S. The molecule has 1 aliphatic rings. The van der Waals surface area contributed by atoms with Gasteiger partial charge in [0.25, 0.3) is 0 Å². The van der Waals surface area contributed by atoms with Gasteiger partial charge in [-0.3, -0.25) is 4.90 Å². The molecule has 16 heavy (non-hydrogen) atoms. The Balaban J connectivity index is 1.98. The molecule has 88 valence electrons. The second kappa shape index (κ2) is 5.55. The lowest BCUT2D eigenvalue weighted by atomic mass is 10.2. The summed E-state index contributed by atoms with van der Waals surface area (Å²) in [6, 6.07) is 6.60. The van der Waals surface area contributed by atoms with E-state index in [4.69, 9.17) is 5.73 Å². The maximum atomic E-state index is 5.69. The summed E-state index contributed by atoms with van der Waals surface area (Å²) in [5, 5.41) is 0. The number of anilines is 1. The molecule has 1 fully saturated rings. The largest absolute Gasteiger partial charge is 0.384 e. The van der Waals surface area contributed by atoms with Crippen molar-refractivity contribution in [1.82, 2.24) is 9.88 Å². The van der Waals surface area contributed by atoms with Crippen LogP contribution in [0.15, 0.2) is 18.2 Å². The number of nitrogens with zero attached hydrogens (tertiary/aromatic N) is 2. The highest BCUT2D eigenvalue weighted by molar-refractivity contribution is 7.98. The lowest BCUT2D eigenvalue weighted by Gasteiger charge is -2.23. The number of pyridine rings is 1. The lowest BCUT2D eigenvalue weighted by Crippen LogP contribution is -2.31. The first-order valence-electron chi connectivity index (χ1n) is 5.74. The minimum absolute atomic E-state index is 0.623. The van der Waals surface area contributed by atoms with Gasteiger partial charge >= 0.3 is 0 Å². The molecule has 0 saturated carbocycles. The number of nitrogen functional groups attached to an aromatic ring is 1. The van der Waals surface area contributed by atoms with Gasteiger partial charge in [0.05, 0.1) is 5.69 Å². The van der Waals surface area contributed by atoms with Crippen molar-refractivity contribution in [3.63, 3.8) is 0 Å². The molecule has 0 amide bonds. The first-order valence-corrected chi connectivity index (χ1v) is 7.13. The van der Waals surface area contributed by atoms with Crippen LogP contribution in [0, 0.1) is 0 Å². The zero-order valence-electron chi connectivity index (χ0n) is 9.72. The fourth-order valence-corrected chi connectivity index (χ4v) is 3.04. The predicted octanol–water partition coefficient (Wildman–Crippen LogP) is 1.99. The van der Waals surface area contributed by atoms with Crippen molar-refractivity contribution in [2.24, 2.45) is 0 Å². The summed E-state index contributed by atoms with van der Waals surface area (Å²) < 4.78 is 0. The van der Waals surface area contributed by atoms with Crippen molar-refractivity contribution in [1.29, 1.82) is 0 Å². The van der Waals surface area contributed by atoms with Crippen LogP contribution in [-0.4, -0.2) is 34.5 Å². The van der Waals surface area contributed by atoms with E-state index in [1.807, 2.05) is 23.9 Å². The van der Waals surface area contributed by atoms with Gasteiger partial charge in [0, 0.05) is 18.3 Å². The number of hydrogen-bond donors (Lipinski definition) is 1. The van der Waals surface area contributed by atoms with Gasteiger partial charge in [-0.25, -0.2) is 4.98 Å². The Labute approximate surface area is 101 Å². The van der Waals surface area contributed by atoms with Crippen molar-refractivity contribution in [3.8, 4) is 0 Å². The number of aromatic nitrogens is 1. The summed E-state index contributed by atoms with van der Waals surface area (Å²) in [7, 11) is 0. The van der Waals surface area contributed by atoms with Gasteiger partial charge in [0.15, 0.2) is 0 Å². The summed E-state index contributed by atoms with van der Waals surface area (Å²) in [4.78, 5) is 6.89. The summed E-state index contributed by atoms with van der Waals surface area (Å²) in [6.07, 6.45) is 4.81. The van der Waals surface area contributed by atoms with E-state index < -0.39 is 0 Å². The van der Waals surface area contributed by atoms with Gasteiger partial charge in [0.2, 0.25) is 0 Å². The fraction of sp³-hybridized carbons (Fsp3) is 0.583. The normalized spacial score (nSPS) is 21.4. The molecule has 1 saturated heterocycles. The summed E-state index contributed by atoms with van der Waals surface area (Å²) in [5.74, 6) is 1.85. The highest BCUT2D eigenvalue weighted by atomic mass is 32.2. The van der Waals surface area contributed by atoms with Crippen molar-refractivity contribution in [2.45, 2.75) is 25.4 Å². The van der Waals surface area contributed by atoms with Gasteiger partial charge in [-0.2, -0.15) is 11.8 Å². The second-order valence-corrected chi connectivity index (χ2v) is 5.19. The Morgan fingerprint density at radius 2 is 2.44 bits per heavy atom. The molecule has 1 atom stereocenters. The van der Waals surface area contributed by atoms with E-state index in [2.05, 4.69) is 22.2 Å². The molecule has 0 unspecified atom stereocenters. The minimum Gasteiger partial charge on any atom is -0.384 e. The van der Waals surface area contributed by atoms with Crippen LogP contribution >= 0.6 is 11.8 Å². The Morgan fingerprint density at radius 1 is 1.56 bits per heavy atom. The van der Waals surface area contributed by atoms with Gasteiger partial charge in [0.1, 0.15) is 5.82 Å². The second-order valence-electron chi connectivity index (χ2n) is 4.28. The first-order chi connectivity index (χ1) is 7.79. The molecule has 1 aromatic heterocycles. The number of thioether (sulfide) groups is 1. The molecule has 0 spiro atoms. The van der Waals surface area contributed by atoms with Gasteiger partial charge in [-0.15, -0.1) is 0 Å². The molecule has 2 N–H and O–H groups in total. The smallest absolute Gasteiger partial charge is 0.123 e. The van der Waals surface area contributed by atoms with Crippen molar-refractivity contribution < 1.29 is 0 Å². The monoisotopic (exact) mass is 237 g/mol. The third-order valence-corrected chi connectivity index (χ3v) is 3.77. The highest BCUT2D eigenvalue weighted by Crippen LogP contribution is 2.22. The van der Waals surface area contributed by atoms with Crippen LogP contribution in [0.4, 0.5) is 5.82 Å². The van der Waals surface area contributed by atoms with E-state index in [9.17, 15) is 0 Å². The molecule has 0 aliphatic carbocycles. The van der Waals surface area contributed by atoms with Crippen LogP contribution in [0.5, 0.6) is 0 Å². The molecule has 0 aromatic carbocycles. The van der Waals surface area contributed by atoms with E-state index in [0.717, 1.165) is 18.3 Å². The maximum absolute atomic E-state index is 5.69. The Morgan fingerprint density at radius 3 is 3.19 bits per heavy atom. The Bertz CT molecular complexity index is 343. The van der Waals surface area contributed by atoms with E-state index in [1.54, 1.807) is 0 Å². The van der Waals surface area contributed by atoms with Crippen LogP contribution < -0.4 is 5.73 Å². The molecule has 1 aliphatic heterocycles. The van der Waals surface area contributed by atoms with Crippen LogP contribution in [0.2, 0.25) is 0 Å². The molecular weight excluding hydrogens is 218 g/mol. The highest BCUT2D eigenvalue weighted by Gasteiger charge is 2.23. The van der Waals surface area contributed by atoms with Gasteiger partial charge in [-0.05, 0) is 37.8 Å². The van der Waals surface area contributed by atoms with E-state index in [-0.39, 0.29) is 0 Å². The van der Waals surface area contributed by atoms with Crippen molar-refractivity contribution >= 4 is 17.6 Å². The van der Waals surface area contributed by atoms with Crippen LogP contribution in [0.25, 0.3) is 0 Å². The lowest BCUT2D eigenvalue weighted by molar-refractivity contribution is 0.261. The van der Waals surface area contributed by atoms with Gasteiger partial charge in [-0.1, -0.05) is 6.07 Å². The van der Waals surface area contributed by atoms with E-state index in [1.165, 1.54) is 25.1 Å². The minimum atomic E-state index is 0.623. The third-order valence-electron chi connectivity index (χ3n) is 3.05. The van der Waals surface area contributed by atoms with Crippen molar-refractivity contribution in [3.05, 3.63) is 23.9 Å². The van der Waals surface area contributed by atoms with Crippen LogP contribution in [0.3, 0.4) is 0 Å². The standard InChI is InChI=1S/C12H19N3S/c1-16-9-11-5-3-7-15(11)8-10-4-2-6-12(13)14-10/h2,4,6,11H,3,5,7-9H2,1H3,(H2,13,14)/t11-/m0/s1. The summed E-state index contributed by atoms with van der Waals surface area (Å²) in [6.45, 7) is 2.14. The Kier molecular flexibility index (Phi) is 4.07. The number of hydrogen-bond acceptors (Lipinski definition) is 4. The molecule has 1 aromatic rings. The predicted molar refractivity (Wildman–Crippen MR) is 70.5 cm³/mol. The molecule has 0 bridgehead atoms. The van der Waals surface area contributed by atoms with Crippen LogP contribution in [0.1, 0.15) is 18.5 Å². The van der Waals surface area contributed by atoms with Gasteiger partial charge < -0.3 is 5.73 Å². The average molecular weight is 237 g/mol. The van der Waals surface area contributed by atoms with E-state index >= 15 is 0 Å². The average Bonchev–Trinajstić information content (AvgIpc) is 2.66.